The minimum absolute atomic E-state index is 0.344. The molecular formula is C5H5NO2. The van der Waals surface area contributed by atoms with Gasteiger partial charge in [0, 0.05) is 0 Å². The van der Waals surface area contributed by atoms with Gasteiger partial charge in [0.1, 0.15) is 12.3 Å². The van der Waals surface area contributed by atoms with Crippen molar-refractivity contribution in [2.75, 3.05) is 6.61 Å². The highest BCUT2D eigenvalue weighted by atomic mass is 16.6. The van der Waals surface area contributed by atoms with Crippen LogP contribution in [-0.2, 0) is 9.63 Å². The van der Waals surface area contributed by atoms with E-state index >= 15 is 0 Å². The molecule has 0 atom stereocenters. The molecule has 1 rings (SSSR count). The summed E-state index contributed by atoms with van der Waals surface area (Å²) in [6.45, 7) is 0.470. The molecule has 0 aliphatic carbocycles. The number of nitrogens with zero attached hydrogens (tertiary/aromatic N) is 1. The summed E-state index contributed by atoms with van der Waals surface area (Å²) in [4.78, 5) is 14.4. The van der Waals surface area contributed by atoms with Crippen LogP contribution in [0.3, 0.4) is 0 Å². The zero-order valence-electron chi connectivity index (χ0n) is 4.20. The lowest BCUT2D eigenvalue weighted by atomic mass is 10.3. The van der Waals surface area contributed by atoms with Crippen molar-refractivity contribution in [3.8, 4) is 0 Å². The third kappa shape index (κ3) is 0.932. The van der Waals surface area contributed by atoms with Crippen molar-refractivity contribution in [1.82, 2.24) is 0 Å². The highest BCUT2D eigenvalue weighted by Crippen LogP contribution is 1.89. The zero-order valence-corrected chi connectivity index (χ0v) is 4.20. The molecule has 3 nitrogen and oxygen atoms in total. The Morgan fingerprint density at radius 1 is 1.88 bits per heavy atom. The van der Waals surface area contributed by atoms with Crippen LogP contribution in [0.4, 0.5) is 0 Å². The van der Waals surface area contributed by atoms with E-state index < -0.39 is 0 Å². The minimum atomic E-state index is 0.344. The first kappa shape index (κ1) is 5.03. The molecule has 0 fully saturated rings. The van der Waals surface area contributed by atoms with E-state index in [-0.39, 0.29) is 0 Å². The van der Waals surface area contributed by atoms with E-state index in [9.17, 15) is 4.79 Å². The van der Waals surface area contributed by atoms with Gasteiger partial charge in [-0.1, -0.05) is 5.16 Å². The summed E-state index contributed by atoms with van der Waals surface area (Å²) in [5.74, 6) is 0. The first-order valence-electron chi connectivity index (χ1n) is 2.25. The van der Waals surface area contributed by atoms with E-state index in [0.29, 0.717) is 18.6 Å². The second kappa shape index (κ2) is 2.26. The van der Waals surface area contributed by atoms with E-state index in [1.54, 1.807) is 12.2 Å². The summed E-state index contributed by atoms with van der Waals surface area (Å²) in [6, 6.07) is 0. The van der Waals surface area contributed by atoms with Crippen molar-refractivity contribution >= 4 is 12.0 Å². The van der Waals surface area contributed by atoms with Crippen LogP contribution >= 0.6 is 0 Å². The molecule has 0 aromatic carbocycles. The second-order valence-corrected chi connectivity index (χ2v) is 1.33. The molecular weight excluding hydrogens is 106 g/mol. The monoisotopic (exact) mass is 111 g/mol. The Labute approximate surface area is 46.6 Å². The average Bonchev–Trinajstić information content (AvgIpc) is 1.90. The molecule has 0 spiro atoms. The lowest BCUT2D eigenvalue weighted by Gasteiger charge is -1.97. The molecule has 0 aromatic heterocycles. The van der Waals surface area contributed by atoms with Crippen molar-refractivity contribution in [2.24, 2.45) is 5.16 Å². The fourth-order valence-corrected chi connectivity index (χ4v) is 0.415. The molecule has 3 heteroatoms. The maximum atomic E-state index is 9.90. The van der Waals surface area contributed by atoms with Crippen LogP contribution in [0.1, 0.15) is 0 Å². The van der Waals surface area contributed by atoms with E-state index in [1.807, 2.05) is 0 Å². The Hall–Kier alpha value is -1.12. The average molecular weight is 111 g/mol. The van der Waals surface area contributed by atoms with Gasteiger partial charge in [0.05, 0.1) is 0 Å². The van der Waals surface area contributed by atoms with Crippen LogP contribution in [0.15, 0.2) is 17.3 Å². The predicted molar refractivity (Wildman–Crippen MR) is 28.6 cm³/mol. The molecule has 0 unspecified atom stereocenters. The number of hydrogen-bond acceptors (Lipinski definition) is 3. The molecule has 1 aliphatic heterocycles. The normalized spacial score (nSPS) is 16.8. The Balaban J connectivity index is 2.64. The maximum absolute atomic E-state index is 9.90. The van der Waals surface area contributed by atoms with Gasteiger partial charge in [-0.15, -0.1) is 0 Å². The van der Waals surface area contributed by atoms with Gasteiger partial charge in [-0.2, -0.15) is 0 Å². The molecule has 0 N–H and O–H groups in total. The van der Waals surface area contributed by atoms with Gasteiger partial charge in [0.2, 0.25) is 0 Å². The van der Waals surface area contributed by atoms with Crippen LogP contribution < -0.4 is 0 Å². The van der Waals surface area contributed by atoms with Gasteiger partial charge in [-0.25, -0.2) is 0 Å². The van der Waals surface area contributed by atoms with E-state index in [1.165, 1.54) is 0 Å². The number of allylic oxidation sites excluding steroid dienone is 1. The molecule has 0 saturated carbocycles. The molecule has 0 bridgehead atoms. The first-order valence-corrected chi connectivity index (χ1v) is 2.25. The van der Waals surface area contributed by atoms with Crippen molar-refractivity contribution in [1.29, 1.82) is 0 Å². The fraction of sp³-hybridized carbons (Fsp3) is 0.200. The zero-order chi connectivity index (χ0) is 5.82. The van der Waals surface area contributed by atoms with Gasteiger partial charge >= 0.3 is 0 Å². The van der Waals surface area contributed by atoms with Crippen molar-refractivity contribution < 1.29 is 9.63 Å². The fourth-order valence-electron chi connectivity index (χ4n) is 0.415. The summed E-state index contributed by atoms with van der Waals surface area (Å²) in [7, 11) is 0. The standard InChI is InChI=1S/C5H5NO2/c7-4-5-2-1-3-8-6-5/h1-2,4H,3H2. The summed E-state index contributed by atoms with van der Waals surface area (Å²) in [5, 5.41) is 3.41. The van der Waals surface area contributed by atoms with Crippen LogP contribution in [0.25, 0.3) is 0 Å². The molecule has 0 saturated heterocycles. The molecule has 0 aromatic rings. The largest absolute Gasteiger partial charge is 0.391 e. The van der Waals surface area contributed by atoms with Crippen molar-refractivity contribution in [3.63, 3.8) is 0 Å². The third-order valence-corrected chi connectivity index (χ3v) is 0.750. The van der Waals surface area contributed by atoms with Gasteiger partial charge in [0.15, 0.2) is 6.29 Å². The summed E-state index contributed by atoms with van der Waals surface area (Å²) in [6.07, 6.45) is 4.00. The topological polar surface area (TPSA) is 38.7 Å². The number of rotatable bonds is 1. The predicted octanol–water partition coefficient (Wildman–Crippen LogP) is 0.128. The lowest BCUT2D eigenvalue weighted by Crippen LogP contribution is -2.01. The number of carbonyl (C=O) groups excluding carboxylic acids is 1. The number of oxime groups is 1. The smallest absolute Gasteiger partial charge is 0.171 e. The molecule has 1 aliphatic rings. The highest BCUT2D eigenvalue weighted by Gasteiger charge is 1.94. The number of carbonyl (C=O) groups is 1. The summed E-state index contributed by atoms with van der Waals surface area (Å²) in [5.41, 5.74) is 0.344. The van der Waals surface area contributed by atoms with Crippen LogP contribution in [-0.4, -0.2) is 18.6 Å². The third-order valence-electron chi connectivity index (χ3n) is 0.750. The van der Waals surface area contributed by atoms with Crippen molar-refractivity contribution in [3.05, 3.63) is 12.2 Å². The van der Waals surface area contributed by atoms with E-state index in [4.69, 9.17) is 0 Å². The van der Waals surface area contributed by atoms with Crippen LogP contribution in [0.2, 0.25) is 0 Å². The molecule has 8 heavy (non-hydrogen) atoms. The number of aldehydes is 1. The summed E-state index contributed by atoms with van der Waals surface area (Å²) < 4.78 is 0. The molecule has 0 amide bonds. The first-order chi connectivity index (χ1) is 3.93. The Kier molecular flexibility index (Phi) is 1.42. The van der Waals surface area contributed by atoms with Gasteiger partial charge in [0.25, 0.3) is 0 Å². The molecule has 1 heterocycles. The lowest BCUT2D eigenvalue weighted by molar-refractivity contribution is -0.102. The minimum Gasteiger partial charge on any atom is -0.391 e. The molecule has 0 radical (unpaired) electrons. The van der Waals surface area contributed by atoms with E-state index in [0.717, 1.165) is 0 Å². The summed E-state index contributed by atoms with van der Waals surface area (Å²) >= 11 is 0. The maximum Gasteiger partial charge on any atom is 0.171 e. The van der Waals surface area contributed by atoms with Crippen LogP contribution in [0, 0.1) is 0 Å². The Morgan fingerprint density at radius 3 is 3.12 bits per heavy atom. The van der Waals surface area contributed by atoms with Crippen LogP contribution in [0.5, 0.6) is 0 Å². The Morgan fingerprint density at radius 2 is 2.75 bits per heavy atom. The van der Waals surface area contributed by atoms with E-state index in [2.05, 4.69) is 9.99 Å². The molecule has 42 valence electrons. The number of hydrogen-bond donors (Lipinski definition) is 0. The van der Waals surface area contributed by atoms with Gasteiger partial charge in [-0.3, -0.25) is 4.79 Å². The Bertz CT molecular complexity index is 149. The highest BCUT2D eigenvalue weighted by molar-refractivity contribution is 6.33. The quantitative estimate of drug-likeness (QED) is 0.451. The van der Waals surface area contributed by atoms with Crippen molar-refractivity contribution in [2.45, 2.75) is 0 Å². The SMILES string of the molecule is O=CC1=NOCC=C1. The van der Waals surface area contributed by atoms with Gasteiger partial charge < -0.3 is 4.84 Å². The van der Waals surface area contributed by atoms with Gasteiger partial charge in [-0.05, 0) is 12.2 Å². The second-order valence-electron chi connectivity index (χ2n) is 1.33.